The molecule has 1 aliphatic carbocycles. The molecule has 2 aliphatic rings. The van der Waals surface area contributed by atoms with E-state index in [4.69, 9.17) is 14.2 Å². The Kier molecular flexibility index (Phi) is 4.84. The summed E-state index contributed by atoms with van der Waals surface area (Å²) in [6.45, 7) is 0.686. The van der Waals surface area contributed by atoms with Gasteiger partial charge in [0.2, 0.25) is 0 Å². The highest BCUT2D eigenvalue weighted by molar-refractivity contribution is 5.99. The highest BCUT2D eigenvalue weighted by atomic mass is 16.6. The van der Waals surface area contributed by atoms with Crippen LogP contribution in [0.3, 0.4) is 0 Å². The molecule has 1 heterocycles. The van der Waals surface area contributed by atoms with Gasteiger partial charge in [0, 0.05) is 5.56 Å². The second-order valence-corrected chi connectivity index (χ2v) is 7.01. The SMILES string of the molecule is O=C(COC(=O)C1(c2ccccc2)CCCC1)c1ccc2c(c1)OCCO2. The minimum atomic E-state index is -0.631. The van der Waals surface area contributed by atoms with Crippen LogP contribution < -0.4 is 9.47 Å². The van der Waals surface area contributed by atoms with E-state index in [0.29, 0.717) is 30.3 Å². The summed E-state index contributed by atoms with van der Waals surface area (Å²) in [4.78, 5) is 25.4. The van der Waals surface area contributed by atoms with Gasteiger partial charge in [0.25, 0.3) is 0 Å². The molecule has 0 aromatic heterocycles. The maximum absolute atomic E-state index is 12.9. The Bertz CT molecular complexity index is 837. The summed E-state index contributed by atoms with van der Waals surface area (Å²) in [6.07, 6.45) is 3.49. The van der Waals surface area contributed by atoms with E-state index in [1.54, 1.807) is 18.2 Å². The quantitative estimate of drug-likeness (QED) is 0.596. The third-order valence-corrected chi connectivity index (χ3v) is 5.37. The van der Waals surface area contributed by atoms with Gasteiger partial charge in [-0.15, -0.1) is 0 Å². The van der Waals surface area contributed by atoms with E-state index in [1.165, 1.54) is 0 Å². The van der Waals surface area contributed by atoms with Gasteiger partial charge >= 0.3 is 5.97 Å². The fourth-order valence-corrected chi connectivity index (χ4v) is 3.92. The Hall–Kier alpha value is -2.82. The van der Waals surface area contributed by atoms with Gasteiger partial charge in [-0.25, -0.2) is 0 Å². The summed E-state index contributed by atoms with van der Waals surface area (Å²) in [5.74, 6) is 0.623. The maximum atomic E-state index is 12.9. The first kappa shape index (κ1) is 17.6. The number of Topliss-reactive ketones (excluding diaryl/α,β-unsaturated/α-hetero) is 1. The maximum Gasteiger partial charge on any atom is 0.317 e. The first-order chi connectivity index (χ1) is 13.2. The predicted octanol–water partition coefficient (Wildman–Crippen LogP) is 3.70. The molecule has 1 saturated carbocycles. The highest BCUT2D eigenvalue weighted by Crippen LogP contribution is 2.42. The molecule has 5 nitrogen and oxygen atoms in total. The molecular weight excluding hydrogens is 344 g/mol. The molecule has 0 unspecified atom stereocenters. The zero-order chi connectivity index (χ0) is 18.7. The molecule has 4 rings (SSSR count). The average molecular weight is 366 g/mol. The lowest BCUT2D eigenvalue weighted by Gasteiger charge is -2.27. The lowest BCUT2D eigenvalue weighted by molar-refractivity contribution is -0.149. The standard InChI is InChI=1S/C22H22O5/c23-18(16-8-9-19-20(14-16)26-13-12-25-19)15-27-21(24)22(10-4-5-11-22)17-6-2-1-3-7-17/h1-3,6-9,14H,4-5,10-13,15H2. The monoisotopic (exact) mass is 366 g/mol. The van der Waals surface area contributed by atoms with Gasteiger partial charge in [-0.1, -0.05) is 43.2 Å². The van der Waals surface area contributed by atoms with Gasteiger partial charge < -0.3 is 14.2 Å². The second-order valence-electron chi connectivity index (χ2n) is 7.01. The third kappa shape index (κ3) is 3.42. The topological polar surface area (TPSA) is 61.8 Å². The minimum Gasteiger partial charge on any atom is -0.486 e. The molecule has 2 aromatic carbocycles. The number of esters is 1. The summed E-state index contributed by atoms with van der Waals surface area (Å²) < 4.78 is 16.5. The van der Waals surface area contributed by atoms with Crippen LogP contribution in [0.5, 0.6) is 11.5 Å². The second kappa shape index (κ2) is 7.43. The van der Waals surface area contributed by atoms with Crippen LogP contribution >= 0.6 is 0 Å². The smallest absolute Gasteiger partial charge is 0.317 e. The summed E-state index contributed by atoms with van der Waals surface area (Å²) in [5, 5.41) is 0. The Labute approximate surface area is 158 Å². The molecule has 0 radical (unpaired) electrons. The normalized spacial score (nSPS) is 17.3. The fraction of sp³-hybridized carbons (Fsp3) is 0.364. The minimum absolute atomic E-state index is 0.249. The van der Waals surface area contributed by atoms with Crippen molar-refractivity contribution in [3.63, 3.8) is 0 Å². The molecule has 5 heteroatoms. The van der Waals surface area contributed by atoms with Gasteiger partial charge in [0.15, 0.2) is 23.9 Å². The summed E-state index contributed by atoms with van der Waals surface area (Å²) in [6, 6.07) is 14.8. The zero-order valence-corrected chi connectivity index (χ0v) is 15.1. The van der Waals surface area contributed by atoms with Crippen LogP contribution in [-0.2, 0) is 14.9 Å². The summed E-state index contributed by atoms with van der Waals surface area (Å²) in [7, 11) is 0. The predicted molar refractivity (Wildman–Crippen MR) is 99.3 cm³/mol. The lowest BCUT2D eigenvalue weighted by atomic mass is 9.79. The van der Waals surface area contributed by atoms with Gasteiger partial charge in [-0.2, -0.15) is 0 Å². The van der Waals surface area contributed by atoms with E-state index >= 15 is 0 Å². The molecule has 0 atom stereocenters. The number of ether oxygens (including phenoxy) is 3. The van der Waals surface area contributed by atoms with Gasteiger partial charge in [0.05, 0.1) is 5.41 Å². The first-order valence-corrected chi connectivity index (χ1v) is 9.35. The number of fused-ring (bicyclic) bond motifs is 1. The summed E-state index contributed by atoms with van der Waals surface area (Å²) >= 11 is 0. The van der Waals surface area contributed by atoms with Crippen molar-refractivity contribution in [1.82, 2.24) is 0 Å². The Morgan fingerprint density at radius 1 is 0.926 bits per heavy atom. The molecular formula is C22H22O5. The van der Waals surface area contributed by atoms with Crippen molar-refractivity contribution in [1.29, 1.82) is 0 Å². The van der Waals surface area contributed by atoms with Crippen molar-refractivity contribution < 1.29 is 23.8 Å². The van der Waals surface area contributed by atoms with Crippen LogP contribution in [0.4, 0.5) is 0 Å². The number of rotatable bonds is 5. The highest BCUT2D eigenvalue weighted by Gasteiger charge is 2.44. The van der Waals surface area contributed by atoms with Crippen molar-refractivity contribution in [3.8, 4) is 11.5 Å². The molecule has 0 N–H and O–H groups in total. The number of ketones is 1. The van der Waals surface area contributed by atoms with Crippen LogP contribution in [-0.4, -0.2) is 31.6 Å². The van der Waals surface area contributed by atoms with Gasteiger partial charge in [-0.05, 0) is 36.6 Å². The van der Waals surface area contributed by atoms with Crippen LogP contribution in [0.25, 0.3) is 0 Å². The van der Waals surface area contributed by atoms with Crippen LogP contribution in [0.1, 0.15) is 41.6 Å². The molecule has 0 bridgehead atoms. The molecule has 27 heavy (non-hydrogen) atoms. The molecule has 0 spiro atoms. The summed E-state index contributed by atoms with van der Waals surface area (Å²) in [5.41, 5.74) is 0.792. The number of hydrogen-bond acceptors (Lipinski definition) is 5. The third-order valence-electron chi connectivity index (χ3n) is 5.37. The molecule has 2 aromatic rings. The Balaban J connectivity index is 1.46. The Morgan fingerprint density at radius 2 is 1.63 bits per heavy atom. The van der Waals surface area contributed by atoms with E-state index in [1.807, 2.05) is 30.3 Å². The first-order valence-electron chi connectivity index (χ1n) is 9.35. The molecule has 140 valence electrons. The van der Waals surface area contributed by atoms with E-state index in [2.05, 4.69) is 0 Å². The van der Waals surface area contributed by atoms with Crippen LogP contribution in [0.15, 0.2) is 48.5 Å². The Morgan fingerprint density at radius 3 is 2.37 bits per heavy atom. The number of carbonyl (C=O) groups is 2. The van der Waals surface area contributed by atoms with E-state index in [-0.39, 0.29) is 18.4 Å². The van der Waals surface area contributed by atoms with Crippen LogP contribution in [0.2, 0.25) is 0 Å². The largest absolute Gasteiger partial charge is 0.486 e. The number of carbonyl (C=O) groups excluding carboxylic acids is 2. The number of hydrogen-bond donors (Lipinski definition) is 0. The number of benzene rings is 2. The zero-order valence-electron chi connectivity index (χ0n) is 15.1. The van der Waals surface area contributed by atoms with E-state index in [9.17, 15) is 9.59 Å². The van der Waals surface area contributed by atoms with E-state index < -0.39 is 5.41 Å². The van der Waals surface area contributed by atoms with Crippen molar-refractivity contribution in [2.24, 2.45) is 0 Å². The van der Waals surface area contributed by atoms with Crippen molar-refractivity contribution in [2.75, 3.05) is 19.8 Å². The van der Waals surface area contributed by atoms with Crippen molar-refractivity contribution >= 4 is 11.8 Å². The van der Waals surface area contributed by atoms with Crippen molar-refractivity contribution in [3.05, 3.63) is 59.7 Å². The molecule has 1 fully saturated rings. The van der Waals surface area contributed by atoms with Crippen molar-refractivity contribution in [2.45, 2.75) is 31.1 Å². The van der Waals surface area contributed by atoms with Crippen LogP contribution in [0, 0.1) is 0 Å². The van der Waals surface area contributed by atoms with E-state index in [0.717, 1.165) is 31.2 Å². The average Bonchev–Trinajstić information content (AvgIpc) is 3.23. The molecule has 1 aliphatic heterocycles. The molecule has 0 saturated heterocycles. The van der Waals surface area contributed by atoms with Gasteiger partial charge in [0.1, 0.15) is 13.2 Å². The lowest BCUT2D eigenvalue weighted by Crippen LogP contribution is -2.35. The molecule has 0 amide bonds. The fourth-order valence-electron chi connectivity index (χ4n) is 3.92. The van der Waals surface area contributed by atoms with Gasteiger partial charge in [-0.3, -0.25) is 9.59 Å².